The van der Waals surface area contributed by atoms with E-state index in [0.29, 0.717) is 25.9 Å². The molecule has 0 aliphatic rings. The van der Waals surface area contributed by atoms with Gasteiger partial charge in [0.2, 0.25) is 11.8 Å². The van der Waals surface area contributed by atoms with Crippen molar-refractivity contribution in [3.8, 4) is 0 Å². The number of carbonyl (C=O) groups excluding carboxylic acids is 2. The first-order chi connectivity index (χ1) is 9.80. The van der Waals surface area contributed by atoms with Gasteiger partial charge in [-0.3, -0.25) is 9.59 Å². The Morgan fingerprint density at radius 1 is 1.14 bits per heavy atom. The van der Waals surface area contributed by atoms with Crippen LogP contribution < -0.4 is 5.32 Å². The van der Waals surface area contributed by atoms with Crippen LogP contribution in [0.4, 0.5) is 0 Å². The molecule has 0 bridgehead atoms. The van der Waals surface area contributed by atoms with Gasteiger partial charge in [0.15, 0.2) is 0 Å². The Bertz CT molecular complexity index is 463. The number of nitrogens with one attached hydrogen (secondary N) is 1. The van der Waals surface area contributed by atoms with E-state index in [1.807, 2.05) is 58.2 Å². The molecular formula is C17H26N2O2. The van der Waals surface area contributed by atoms with Gasteiger partial charge in [0.1, 0.15) is 0 Å². The third-order valence-electron chi connectivity index (χ3n) is 3.22. The molecule has 0 fully saturated rings. The highest BCUT2D eigenvalue weighted by Crippen LogP contribution is 2.12. The summed E-state index contributed by atoms with van der Waals surface area (Å²) in [5.74, 6) is 0.122. The molecule has 116 valence electrons. The molecular weight excluding hydrogens is 264 g/mol. The van der Waals surface area contributed by atoms with Gasteiger partial charge in [0.25, 0.3) is 0 Å². The monoisotopic (exact) mass is 290 g/mol. The van der Waals surface area contributed by atoms with E-state index in [0.717, 1.165) is 5.56 Å². The maximum Gasteiger partial charge on any atom is 0.225 e. The average molecular weight is 290 g/mol. The number of hydrogen-bond acceptors (Lipinski definition) is 2. The number of rotatable bonds is 6. The van der Waals surface area contributed by atoms with E-state index in [1.54, 1.807) is 4.90 Å². The summed E-state index contributed by atoms with van der Waals surface area (Å²) in [6, 6.07) is 9.91. The predicted octanol–water partition coefficient (Wildman–Crippen LogP) is 2.59. The Morgan fingerprint density at radius 3 is 2.33 bits per heavy atom. The van der Waals surface area contributed by atoms with E-state index < -0.39 is 0 Å². The molecule has 2 amide bonds. The van der Waals surface area contributed by atoms with Crippen LogP contribution >= 0.6 is 0 Å². The van der Waals surface area contributed by atoms with Gasteiger partial charge in [-0.25, -0.2) is 0 Å². The summed E-state index contributed by atoms with van der Waals surface area (Å²) in [6.07, 6.45) is 1.12. The van der Waals surface area contributed by atoms with E-state index in [9.17, 15) is 9.59 Å². The van der Waals surface area contributed by atoms with Crippen LogP contribution in [-0.2, 0) is 16.1 Å². The molecule has 1 aromatic rings. The van der Waals surface area contributed by atoms with Crippen LogP contribution in [0.5, 0.6) is 0 Å². The fourth-order valence-corrected chi connectivity index (χ4v) is 1.84. The summed E-state index contributed by atoms with van der Waals surface area (Å²) >= 11 is 0. The molecule has 4 nitrogen and oxygen atoms in total. The molecule has 21 heavy (non-hydrogen) atoms. The second kappa shape index (κ2) is 7.81. The highest BCUT2D eigenvalue weighted by atomic mass is 16.2. The normalized spacial score (nSPS) is 11.0. The average Bonchev–Trinajstić information content (AvgIpc) is 2.43. The lowest BCUT2D eigenvalue weighted by Crippen LogP contribution is -2.35. The van der Waals surface area contributed by atoms with Gasteiger partial charge in [-0.05, 0) is 12.0 Å². The van der Waals surface area contributed by atoms with E-state index in [-0.39, 0.29) is 17.2 Å². The lowest BCUT2D eigenvalue weighted by molar-refractivity contribution is -0.131. The first-order valence-corrected chi connectivity index (χ1v) is 7.37. The molecule has 0 aliphatic carbocycles. The molecule has 0 aromatic heterocycles. The molecule has 0 heterocycles. The number of benzene rings is 1. The molecule has 0 spiro atoms. The standard InChI is InChI=1S/C17H26N2O2/c1-17(2,3)16(21)18-12-8-11-15(20)19(4)13-14-9-6-5-7-10-14/h5-7,9-10H,8,11-13H2,1-4H3,(H,18,21). The van der Waals surface area contributed by atoms with Crippen LogP contribution in [0.2, 0.25) is 0 Å². The van der Waals surface area contributed by atoms with Crippen LogP contribution in [-0.4, -0.2) is 30.3 Å². The zero-order valence-corrected chi connectivity index (χ0v) is 13.5. The maximum absolute atomic E-state index is 12.0. The smallest absolute Gasteiger partial charge is 0.225 e. The number of nitrogens with zero attached hydrogens (tertiary/aromatic N) is 1. The fourth-order valence-electron chi connectivity index (χ4n) is 1.84. The van der Waals surface area contributed by atoms with Crippen molar-refractivity contribution in [2.45, 2.75) is 40.2 Å². The molecule has 0 radical (unpaired) electrons. The molecule has 0 saturated carbocycles. The van der Waals surface area contributed by atoms with E-state index in [2.05, 4.69) is 5.32 Å². The van der Waals surface area contributed by atoms with Gasteiger partial charge in [-0.15, -0.1) is 0 Å². The summed E-state index contributed by atoms with van der Waals surface area (Å²) in [5.41, 5.74) is 0.739. The minimum atomic E-state index is -0.381. The number of hydrogen-bond donors (Lipinski definition) is 1. The molecule has 1 aromatic carbocycles. The highest BCUT2D eigenvalue weighted by Gasteiger charge is 2.20. The Hall–Kier alpha value is -1.84. The van der Waals surface area contributed by atoms with E-state index in [1.165, 1.54) is 0 Å². The molecule has 0 unspecified atom stereocenters. The summed E-state index contributed by atoms with van der Waals surface area (Å²) in [5, 5.41) is 2.86. The summed E-state index contributed by atoms with van der Waals surface area (Å²) in [7, 11) is 1.81. The van der Waals surface area contributed by atoms with E-state index >= 15 is 0 Å². The fraction of sp³-hybridized carbons (Fsp3) is 0.529. The number of amides is 2. The van der Waals surface area contributed by atoms with Crippen molar-refractivity contribution >= 4 is 11.8 Å². The van der Waals surface area contributed by atoms with Gasteiger partial charge >= 0.3 is 0 Å². The Balaban J connectivity index is 2.26. The quantitative estimate of drug-likeness (QED) is 0.819. The third-order valence-corrected chi connectivity index (χ3v) is 3.22. The summed E-state index contributed by atoms with van der Waals surface area (Å²) in [4.78, 5) is 25.4. The lowest BCUT2D eigenvalue weighted by atomic mass is 9.96. The molecule has 0 saturated heterocycles. The maximum atomic E-state index is 12.0. The summed E-state index contributed by atoms with van der Waals surface area (Å²) in [6.45, 7) is 6.79. The Labute approximate surface area is 127 Å². The third kappa shape index (κ3) is 6.43. The van der Waals surface area contributed by atoms with Crippen molar-refractivity contribution in [3.05, 3.63) is 35.9 Å². The number of carbonyl (C=O) groups is 2. The van der Waals surface area contributed by atoms with Gasteiger partial charge in [-0.1, -0.05) is 51.1 Å². The van der Waals surface area contributed by atoms with Crippen molar-refractivity contribution in [1.82, 2.24) is 10.2 Å². The molecule has 0 atom stereocenters. The molecule has 4 heteroatoms. The van der Waals surface area contributed by atoms with Crippen molar-refractivity contribution in [3.63, 3.8) is 0 Å². The SMILES string of the molecule is CN(Cc1ccccc1)C(=O)CCCNC(=O)C(C)(C)C. The zero-order valence-electron chi connectivity index (χ0n) is 13.5. The second-order valence-electron chi connectivity index (χ2n) is 6.34. The zero-order chi connectivity index (χ0) is 15.9. The van der Waals surface area contributed by atoms with Crippen molar-refractivity contribution < 1.29 is 9.59 Å². The molecule has 0 aliphatic heterocycles. The van der Waals surface area contributed by atoms with Gasteiger partial charge in [0.05, 0.1) is 0 Å². The minimum Gasteiger partial charge on any atom is -0.356 e. The predicted molar refractivity (Wildman–Crippen MR) is 84.6 cm³/mol. The molecule has 1 rings (SSSR count). The highest BCUT2D eigenvalue weighted by molar-refractivity contribution is 5.81. The Kier molecular flexibility index (Phi) is 6.40. The van der Waals surface area contributed by atoms with Crippen molar-refractivity contribution in [1.29, 1.82) is 0 Å². The first kappa shape index (κ1) is 17.2. The lowest BCUT2D eigenvalue weighted by Gasteiger charge is -2.19. The van der Waals surface area contributed by atoms with Crippen LogP contribution in [0.25, 0.3) is 0 Å². The van der Waals surface area contributed by atoms with E-state index in [4.69, 9.17) is 0 Å². The van der Waals surface area contributed by atoms with Crippen molar-refractivity contribution in [2.24, 2.45) is 5.41 Å². The van der Waals surface area contributed by atoms with Crippen LogP contribution in [0.15, 0.2) is 30.3 Å². The van der Waals surface area contributed by atoms with Gasteiger partial charge in [0, 0.05) is 32.0 Å². The van der Waals surface area contributed by atoms with Crippen LogP contribution in [0, 0.1) is 5.41 Å². The molecule has 1 N–H and O–H groups in total. The topological polar surface area (TPSA) is 49.4 Å². The Morgan fingerprint density at radius 2 is 1.76 bits per heavy atom. The van der Waals surface area contributed by atoms with Crippen LogP contribution in [0.3, 0.4) is 0 Å². The van der Waals surface area contributed by atoms with Crippen LogP contribution in [0.1, 0.15) is 39.2 Å². The largest absolute Gasteiger partial charge is 0.356 e. The first-order valence-electron chi connectivity index (χ1n) is 7.37. The second-order valence-corrected chi connectivity index (χ2v) is 6.34. The van der Waals surface area contributed by atoms with Crippen molar-refractivity contribution in [2.75, 3.05) is 13.6 Å². The van der Waals surface area contributed by atoms with Gasteiger partial charge < -0.3 is 10.2 Å². The van der Waals surface area contributed by atoms with Gasteiger partial charge in [-0.2, -0.15) is 0 Å². The minimum absolute atomic E-state index is 0.0209. The summed E-state index contributed by atoms with van der Waals surface area (Å²) < 4.78 is 0.